The van der Waals surface area contributed by atoms with E-state index in [4.69, 9.17) is 10.5 Å². The Balaban J connectivity index is 2.22. The number of methoxy groups -OCH3 is 1. The molecule has 2 N–H and O–H groups in total. The average molecular weight is 235 g/mol. The molecule has 0 amide bonds. The smallest absolute Gasteiger partial charge is 0.131 e. The van der Waals surface area contributed by atoms with E-state index in [0.717, 1.165) is 43.0 Å². The van der Waals surface area contributed by atoms with E-state index in [1.54, 1.807) is 13.3 Å². The predicted molar refractivity (Wildman–Crippen MR) is 70.2 cm³/mol. The Kier molecular flexibility index (Phi) is 3.24. The number of aryl methyl sites for hydroxylation is 1. The number of pyridine rings is 1. The van der Waals surface area contributed by atoms with Crippen LogP contribution >= 0.6 is 0 Å². The topological polar surface area (TPSA) is 51.4 Å². The monoisotopic (exact) mass is 235 g/mol. The predicted octanol–water partition coefficient (Wildman–Crippen LogP) is 1.98. The number of hydrogen-bond donors (Lipinski definition) is 1. The molecule has 0 aromatic carbocycles. The summed E-state index contributed by atoms with van der Waals surface area (Å²) in [5.74, 6) is 1.03. The Morgan fingerprint density at radius 1 is 1.53 bits per heavy atom. The Labute approximate surface area is 103 Å². The van der Waals surface area contributed by atoms with Gasteiger partial charge in [0.1, 0.15) is 5.82 Å². The van der Waals surface area contributed by atoms with Gasteiger partial charge in [-0.05, 0) is 38.3 Å². The Morgan fingerprint density at radius 2 is 2.29 bits per heavy atom. The third-order valence-corrected chi connectivity index (χ3v) is 3.52. The minimum atomic E-state index is -0.0617. The number of rotatable bonds is 2. The zero-order valence-electron chi connectivity index (χ0n) is 10.9. The number of piperidine rings is 1. The maximum Gasteiger partial charge on any atom is 0.131 e. The molecular formula is C13H21N3O. The standard InChI is InChI=1S/C13H21N3O/c1-10-7-11(14)8-15-12(10)16-6-4-5-13(2,9-16)17-3/h7-8H,4-6,9,14H2,1-3H3. The molecule has 2 heterocycles. The van der Waals surface area contributed by atoms with Gasteiger partial charge in [0.2, 0.25) is 0 Å². The number of ether oxygens (including phenoxy) is 1. The molecule has 1 fully saturated rings. The highest BCUT2D eigenvalue weighted by Crippen LogP contribution is 2.28. The maximum absolute atomic E-state index is 5.73. The highest BCUT2D eigenvalue weighted by molar-refractivity contribution is 5.53. The second kappa shape index (κ2) is 4.53. The molecule has 4 heteroatoms. The van der Waals surface area contributed by atoms with Gasteiger partial charge in [0, 0.05) is 20.2 Å². The van der Waals surface area contributed by atoms with Gasteiger partial charge in [0.25, 0.3) is 0 Å². The molecule has 1 atom stereocenters. The van der Waals surface area contributed by atoms with Crippen LogP contribution in [-0.2, 0) is 4.74 Å². The van der Waals surface area contributed by atoms with Gasteiger partial charge in [0.15, 0.2) is 0 Å². The van der Waals surface area contributed by atoms with Gasteiger partial charge in [-0.25, -0.2) is 4.98 Å². The lowest BCUT2D eigenvalue weighted by Crippen LogP contribution is -2.48. The van der Waals surface area contributed by atoms with Crippen molar-refractivity contribution in [1.29, 1.82) is 0 Å². The highest BCUT2D eigenvalue weighted by Gasteiger charge is 2.31. The first-order chi connectivity index (χ1) is 8.04. The number of hydrogen-bond acceptors (Lipinski definition) is 4. The van der Waals surface area contributed by atoms with Gasteiger partial charge < -0.3 is 15.4 Å². The lowest BCUT2D eigenvalue weighted by atomic mass is 9.94. The quantitative estimate of drug-likeness (QED) is 0.851. The first kappa shape index (κ1) is 12.2. The third kappa shape index (κ3) is 2.52. The molecule has 1 saturated heterocycles. The zero-order chi connectivity index (χ0) is 12.5. The zero-order valence-corrected chi connectivity index (χ0v) is 10.9. The van der Waals surface area contributed by atoms with E-state index in [9.17, 15) is 0 Å². The van der Waals surface area contributed by atoms with Crippen molar-refractivity contribution in [3.8, 4) is 0 Å². The fourth-order valence-corrected chi connectivity index (χ4v) is 2.47. The van der Waals surface area contributed by atoms with E-state index in [1.807, 2.05) is 6.07 Å². The van der Waals surface area contributed by atoms with Crippen molar-refractivity contribution in [2.24, 2.45) is 0 Å². The van der Waals surface area contributed by atoms with E-state index < -0.39 is 0 Å². The first-order valence-electron chi connectivity index (χ1n) is 6.06. The van der Waals surface area contributed by atoms with Crippen LogP contribution in [-0.4, -0.2) is 30.8 Å². The van der Waals surface area contributed by atoms with Crippen LogP contribution in [0.4, 0.5) is 11.5 Å². The molecule has 1 unspecified atom stereocenters. The van der Waals surface area contributed by atoms with E-state index >= 15 is 0 Å². The van der Waals surface area contributed by atoms with Crippen LogP contribution in [0.1, 0.15) is 25.3 Å². The molecule has 0 bridgehead atoms. The first-order valence-corrected chi connectivity index (χ1v) is 6.06. The van der Waals surface area contributed by atoms with Crippen LogP contribution < -0.4 is 10.6 Å². The van der Waals surface area contributed by atoms with Gasteiger partial charge in [-0.15, -0.1) is 0 Å². The normalized spacial score (nSPS) is 25.0. The summed E-state index contributed by atoms with van der Waals surface area (Å²) in [6.45, 7) is 6.14. The van der Waals surface area contributed by atoms with Crippen molar-refractivity contribution < 1.29 is 4.74 Å². The van der Waals surface area contributed by atoms with E-state index in [2.05, 4.69) is 23.7 Å². The summed E-state index contributed by atoms with van der Waals surface area (Å²) in [7, 11) is 1.78. The molecule has 0 radical (unpaired) electrons. The van der Waals surface area contributed by atoms with Gasteiger partial charge in [-0.3, -0.25) is 0 Å². The van der Waals surface area contributed by atoms with Crippen molar-refractivity contribution in [3.63, 3.8) is 0 Å². The molecule has 1 aliphatic heterocycles. The van der Waals surface area contributed by atoms with Gasteiger partial charge >= 0.3 is 0 Å². The second-order valence-corrected chi connectivity index (χ2v) is 5.09. The molecule has 2 rings (SSSR count). The Morgan fingerprint density at radius 3 is 2.94 bits per heavy atom. The van der Waals surface area contributed by atoms with Gasteiger partial charge in [0.05, 0.1) is 17.5 Å². The number of nitrogens with two attached hydrogens (primary N) is 1. The molecule has 1 aliphatic rings. The second-order valence-electron chi connectivity index (χ2n) is 5.09. The SMILES string of the molecule is COC1(C)CCCN(c2ncc(N)cc2C)C1. The fraction of sp³-hybridized carbons (Fsp3) is 0.615. The van der Waals surface area contributed by atoms with Crippen LogP contribution in [0.15, 0.2) is 12.3 Å². The van der Waals surface area contributed by atoms with Gasteiger partial charge in [-0.1, -0.05) is 0 Å². The summed E-state index contributed by atoms with van der Waals surface area (Å²) in [5.41, 5.74) is 7.52. The van der Waals surface area contributed by atoms with E-state index in [1.165, 1.54) is 0 Å². The van der Waals surface area contributed by atoms with Crippen molar-refractivity contribution >= 4 is 11.5 Å². The van der Waals surface area contributed by atoms with Crippen LogP contribution in [0.3, 0.4) is 0 Å². The van der Waals surface area contributed by atoms with E-state index in [-0.39, 0.29) is 5.60 Å². The van der Waals surface area contributed by atoms with Crippen molar-refractivity contribution in [2.75, 3.05) is 30.8 Å². The lowest BCUT2D eigenvalue weighted by molar-refractivity contribution is -0.00483. The summed E-state index contributed by atoms with van der Waals surface area (Å²) in [6, 6.07) is 1.97. The van der Waals surface area contributed by atoms with Crippen molar-refractivity contribution in [3.05, 3.63) is 17.8 Å². The molecule has 0 saturated carbocycles. The van der Waals surface area contributed by atoms with E-state index in [0.29, 0.717) is 0 Å². The van der Waals surface area contributed by atoms with Crippen molar-refractivity contribution in [1.82, 2.24) is 4.98 Å². The van der Waals surface area contributed by atoms with Crippen LogP contribution in [0.2, 0.25) is 0 Å². The molecule has 4 nitrogen and oxygen atoms in total. The summed E-state index contributed by atoms with van der Waals surface area (Å²) in [4.78, 5) is 6.74. The number of aromatic nitrogens is 1. The molecule has 0 spiro atoms. The number of nitrogens with zero attached hydrogens (tertiary/aromatic N) is 2. The summed E-state index contributed by atoms with van der Waals surface area (Å²) < 4.78 is 5.60. The molecule has 17 heavy (non-hydrogen) atoms. The molecule has 0 aliphatic carbocycles. The summed E-state index contributed by atoms with van der Waals surface area (Å²) in [5, 5.41) is 0. The average Bonchev–Trinajstić information content (AvgIpc) is 2.29. The summed E-state index contributed by atoms with van der Waals surface area (Å²) >= 11 is 0. The molecule has 1 aromatic heterocycles. The third-order valence-electron chi connectivity index (χ3n) is 3.52. The molecule has 1 aromatic rings. The molecular weight excluding hydrogens is 214 g/mol. The lowest BCUT2D eigenvalue weighted by Gasteiger charge is -2.40. The fourth-order valence-electron chi connectivity index (χ4n) is 2.47. The van der Waals surface area contributed by atoms with Crippen LogP contribution in [0, 0.1) is 6.92 Å². The largest absolute Gasteiger partial charge is 0.397 e. The Bertz CT molecular complexity index is 408. The molecule has 94 valence electrons. The minimum Gasteiger partial charge on any atom is -0.397 e. The van der Waals surface area contributed by atoms with Crippen molar-refractivity contribution in [2.45, 2.75) is 32.3 Å². The number of anilines is 2. The van der Waals surface area contributed by atoms with Crippen LogP contribution in [0.25, 0.3) is 0 Å². The highest BCUT2D eigenvalue weighted by atomic mass is 16.5. The number of nitrogen functional groups attached to an aromatic ring is 1. The summed E-state index contributed by atoms with van der Waals surface area (Å²) in [6.07, 6.45) is 3.96. The van der Waals surface area contributed by atoms with Crippen LogP contribution in [0.5, 0.6) is 0 Å². The minimum absolute atomic E-state index is 0.0617. The van der Waals surface area contributed by atoms with Gasteiger partial charge in [-0.2, -0.15) is 0 Å². The maximum atomic E-state index is 5.73. The Hall–Kier alpha value is -1.29.